The van der Waals surface area contributed by atoms with Gasteiger partial charge < -0.3 is 5.48 Å². The van der Waals surface area contributed by atoms with Crippen molar-refractivity contribution in [2.75, 3.05) is 0 Å². The predicted octanol–water partition coefficient (Wildman–Crippen LogP) is -1.61. The molecule has 20 valence electrons. The Morgan fingerprint density at radius 1 is 1.25 bits per heavy atom. The van der Waals surface area contributed by atoms with Crippen LogP contribution in [0.1, 0.15) is 0 Å². The van der Waals surface area contributed by atoms with Crippen LogP contribution in [0.25, 0.3) is 0 Å². The van der Waals surface area contributed by atoms with Gasteiger partial charge in [-0.2, -0.15) is 0 Å². The van der Waals surface area contributed by atoms with Crippen LogP contribution >= 0.6 is 0 Å². The number of hydrogen-bond acceptors (Lipinski definition) is 1. The fourth-order valence-electron chi connectivity index (χ4n) is 0. The van der Waals surface area contributed by atoms with E-state index in [-0.39, 0.29) is 27.2 Å². The van der Waals surface area contributed by atoms with Crippen LogP contribution in [-0.2, 0) is 27.2 Å². The minimum Gasteiger partial charge on any atom is -2.00 e. The molecule has 0 fully saturated rings. The van der Waals surface area contributed by atoms with E-state index >= 15 is 0 Å². The summed E-state index contributed by atoms with van der Waals surface area (Å²) in [4.78, 5) is 7.75. The minimum absolute atomic E-state index is 0. The number of nitroso groups, excluding NO2 is 1. The van der Waals surface area contributed by atoms with Crippen molar-refractivity contribution in [1.82, 2.24) is 0 Å². The third-order valence-corrected chi connectivity index (χ3v) is 0. The molecule has 4 heavy (non-hydrogen) atoms. The van der Waals surface area contributed by atoms with Crippen molar-refractivity contribution >= 4 is 0 Å². The van der Waals surface area contributed by atoms with Crippen LogP contribution in [0.5, 0.6) is 0 Å². The summed E-state index contributed by atoms with van der Waals surface area (Å²) in [5, 5.41) is 0. The average Bonchev–Trinajstić information content (AvgIpc) is 1.00. The Morgan fingerprint density at radius 3 is 1.25 bits per heavy atom. The Balaban J connectivity index is -0.00000000500. The van der Waals surface area contributed by atoms with Crippen LogP contribution in [-0.4, -0.2) is 0 Å². The first-order valence-corrected chi connectivity index (χ1v) is 0.236. The van der Waals surface area contributed by atoms with Crippen LogP contribution in [0.4, 0.5) is 0 Å². The first-order chi connectivity index (χ1) is 1.00. The molecule has 0 aliphatic rings. The van der Waals surface area contributed by atoms with Crippen molar-refractivity contribution in [3.63, 3.8) is 0 Å². The molecule has 0 aliphatic heterocycles. The Hall–Kier alpha value is 0.274. The Labute approximate surface area is 38.3 Å². The van der Waals surface area contributed by atoms with Crippen LogP contribution < -0.4 is 5.59 Å². The molecule has 0 spiro atoms. The van der Waals surface area contributed by atoms with E-state index in [1.807, 2.05) is 0 Å². The first kappa shape index (κ1) is 28.2. The molecule has 2 N–H and O–H groups in total. The van der Waals surface area contributed by atoms with Crippen LogP contribution in [0.2, 0.25) is 0 Å². The van der Waals surface area contributed by atoms with Gasteiger partial charge in [-0.3, -0.25) is 0 Å². The molecule has 3 nitrogen and oxygen atoms in total. The van der Waals surface area contributed by atoms with Crippen molar-refractivity contribution in [1.29, 1.82) is 0 Å². The maximum absolute atomic E-state index is 7.75. The molecular formula is H2NO2Ti+3. The molecule has 0 saturated carbocycles. The van der Waals surface area contributed by atoms with Gasteiger partial charge in [-0.25, -0.2) is 0 Å². The maximum atomic E-state index is 7.75. The van der Waals surface area contributed by atoms with E-state index in [1.165, 1.54) is 0 Å². The van der Waals surface area contributed by atoms with E-state index in [0.717, 1.165) is 0 Å². The fourth-order valence-corrected chi connectivity index (χ4v) is 0. The zero-order valence-electron chi connectivity index (χ0n) is 1.89. The molecule has 0 radical (unpaired) electrons. The minimum atomic E-state index is 0. The Bertz CT molecular complexity index is 6.00. The Kier molecular flexibility index (Phi) is 1590. The summed E-state index contributed by atoms with van der Waals surface area (Å²) in [6.45, 7) is 0. The normalized spacial score (nSPS) is 1.00. The zero-order valence-corrected chi connectivity index (χ0v) is 3.46. The summed E-state index contributed by atoms with van der Waals surface area (Å²) in [5.74, 6) is 0. The van der Waals surface area contributed by atoms with Crippen molar-refractivity contribution in [2.24, 2.45) is 0 Å². The van der Waals surface area contributed by atoms with Gasteiger partial charge in [0.25, 0.3) is 0 Å². The zero-order chi connectivity index (χ0) is 2.00. The topological polar surface area (TPSA) is 71.2 Å². The third-order valence-electron chi connectivity index (χ3n) is 0. The number of nitrogens with two attached hydrogens (primary N) is 1. The van der Waals surface area contributed by atoms with Gasteiger partial charge in [0.1, 0.15) is 0 Å². The van der Waals surface area contributed by atoms with Gasteiger partial charge in [0.2, 0.25) is 0 Å². The molecule has 0 aromatic rings. The fraction of sp³-hybridized carbons (Fsp3) is 0. The second kappa shape index (κ2) is 225. The van der Waals surface area contributed by atoms with Crippen LogP contribution in [0.3, 0.4) is 0 Å². The van der Waals surface area contributed by atoms with Crippen molar-refractivity contribution in [2.45, 2.75) is 0 Å². The average molecular weight is 95.9 g/mol. The maximum Gasteiger partial charge on any atom is 4.00 e. The predicted molar refractivity (Wildman–Crippen MR) is 5.98 cm³/mol. The molecule has 0 atom stereocenters. The van der Waals surface area contributed by atoms with E-state index in [1.54, 1.807) is 0 Å². The van der Waals surface area contributed by atoms with Gasteiger partial charge >= 0.3 is 21.7 Å². The standard InChI is InChI=1S/H2NO.O.Ti/c1-2;;/h1H2;;/q+1;-2;+4. The summed E-state index contributed by atoms with van der Waals surface area (Å²) in [6, 6.07) is 0. The van der Waals surface area contributed by atoms with Crippen molar-refractivity contribution in [3.05, 3.63) is 4.91 Å². The van der Waals surface area contributed by atoms with E-state index in [2.05, 4.69) is 5.59 Å². The van der Waals surface area contributed by atoms with Gasteiger partial charge in [-0.15, -0.1) is 0 Å². The summed E-state index contributed by atoms with van der Waals surface area (Å²) in [6.07, 6.45) is 0. The summed E-state index contributed by atoms with van der Waals surface area (Å²) < 4.78 is 0. The molecular weight excluding hydrogens is 93.9 g/mol. The van der Waals surface area contributed by atoms with E-state index in [4.69, 9.17) is 4.91 Å². The molecule has 4 heteroatoms. The molecule has 0 rings (SSSR count). The molecule has 0 saturated heterocycles. The van der Waals surface area contributed by atoms with E-state index in [0.29, 0.717) is 0 Å². The van der Waals surface area contributed by atoms with Gasteiger partial charge in [0.15, 0.2) is 0 Å². The Morgan fingerprint density at radius 2 is 1.25 bits per heavy atom. The quantitative estimate of drug-likeness (QED) is 0.362. The summed E-state index contributed by atoms with van der Waals surface area (Å²) in [5.41, 5.74) is 3.25. The largest absolute Gasteiger partial charge is 4.00 e. The summed E-state index contributed by atoms with van der Waals surface area (Å²) in [7, 11) is 0. The first-order valence-electron chi connectivity index (χ1n) is 0.236. The molecule has 0 aliphatic carbocycles. The van der Waals surface area contributed by atoms with Gasteiger partial charge in [0, 0.05) is 4.91 Å². The van der Waals surface area contributed by atoms with Gasteiger partial charge in [0.05, 0.1) is 0 Å². The van der Waals surface area contributed by atoms with Crippen LogP contribution in [0.15, 0.2) is 0 Å². The molecule has 0 unspecified atom stereocenters. The molecule has 0 aromatic carbocycles. The second-order valence-corrected chi connectivity index (χ2v) is 0. The molecule has 0 aromatic heterocycles. The monoisotopic (exact) mass is 96.0 g/mol. The van der Waals surface area contributed by atoms with E-state index < -0.39 is 0 Å². The number of rotatable bonds is 0. The third kappa shape index (κ3) is 49.1. The molecule has 0 amide bonds. The second-order valence-electron chi connectivity index (χ2n) is 0. The van der Waals surface area contributed by atoms with Gasteiger partial charge in [-0.1, -0.05) is 0 Å². The van der Waals surface area contributed by atoms with Crippen LogP contribution in [0, 0.1) is 4.91 Å². The van der Waals surface area contributed by atoms with Crippen molar-refractivity contribution in [3.8, 4) is 0 Å². The SMILES string of the molecule is [NH2+]=O.[O-2].[Ti+4]. The van der Waals surface area contributed by atoms with Crippen molar-refractivity contribution < 1.29 is 32.8 Å². The number of hydrogen-bond donors (Lipinski definition) is 1. The van der Waals surface area contributed by atoms with E-state index in [9.17, 15) is 0 Å². The summed E-state index contributed by atoms with van der Waals surface area (Å²) >= 11 is 0. The molecule has 0 bridgehead atoms. The van der Waals surface area contributed by atoms with Gasteiger partial charge in [-0.05, 0) is 5.59 Å². The molecule has 0 heterocycles. The smallest absolute Gasteiger partial charge is 2.00 e.